The lowest BCUT2D eigenvalue weighted by Gasteiger charge is -2.10. The highest BCUT2D eigenvalue weighted by Gasteiger charge is 2.13. The molecule has 0 aliphatic rings. The van der Waals surface area contributed by atoms with E-state index >= 15 is 0 Å². The highest BCUT2D eigenvalue weighted by Crippen LogP contribution is 2.20. The molecule has 110 valence electrons. The van der Waals surface area contributed by atoms with Crippen molar-refractivity contribution in [1.82, 2.24) is 4.98 Å². The average Bonchev–Trinajstić information content (AvgIpc) is 2.40. The van der Waals surface area contributed by atoms with Crippen LogP contribution in [0.5, 0.6) is 0 Å². The van der Waals surface area contributed by atoms with Crippen LogP contribution in [0.25, 0.3) is 0 Å². The van der Waals surface area contributed by atoms with E-state index in [2.05, 4.69) is 10.3 Å². The maximum atomic E-state index is 12.2. The van der Waals surface area contributed by atoms with E-state index in [0.29, 0.717) is 11.4 Å². The monoisotopic (exact) mass is 304 g/mol. The van der Waals surface area contributed by atoms with Gasteiger partial charge >= 0.3 is 0 Å². The number of nitrogens with one attached hydrogen (secondary N) is 1. The van der Waals surface area contributed by atoms with Gasteiger partial charge in [0, 0.05) is 17.6 Å². The number of sulfone groups is 1. The summed E-state index contributed by atoms with van der Waals surface area (Å²) in [4.78, 5) is 16.5. The molecule has 1 aromatic carbocycles. The van der Waals surface area contributed by atoms with Crippen LogP contribution in [0.15, 0.2) is 41.3 Å². The number of aromatic nitrogens is 1. The van der Waals surface area contributed by atoms with Crippen molar-refractivity contribution < 1.29 is 13.2 Å². The van der Waals surface area contributed by atoms with E-state index < -0.39 is 9.84 Å². The van der Waals surface area contributed by atoms with Gasteiger partial charge in [-0.15, -0.1) is 0 Å². The van der Waals surface area contributed by atoms with Crippen molar-refractivity contribution >= 4 is 21.4 Å². The highest BCUT2D eigenvalue weighted by molar-refractivity contribution is 7.90. The van der Waals surface area contributed by atoms with Crippen molar-refractivity contribution in [2.45, 2.75) is 18.7 Å². The van der Waals surface area contributed by atoms with Crippen LogP contribution in [0.1, 0.15) is 21.7 Å². The SMILES string of the molecule is Cc1cccc(C(=O)Nc2cc(S(C)(=O)=O)ccc2C)n1. The zero-order valence-electron chi connectivity index (χ0n) is 12.0. The smallest absolute Gasteiger partial charge is 0.274 e. The van der Waals surface area contributed by atoms with Gasteiger partial charge in [-0.05, 0) is 43.7 Å². The van der Waals surface area contributed by atoms with Crippen molar-refractivity contribution in [3.8, 4) is 0 Å². The Morgan fingerprint density at radius 2 is 1.86 bits per heavy atom. The fourth-order valence-corrected chi connectivity index (χ4v) is 2.47. The summed E-state index contributed by atoms with van der Waals surface area (Å²) in [6.45, 7) is 3.59. The summed E-state index contributed by atoms with van der Waals surface area (Å²) in [5.74, 6) is -0.368. The molecule has 0 saturated heterocycles. The van der Waals surface area contributed by atoms with Gasteiger partial charge < -0.3 is 5.32 Å². The lowest BCUT2D eigenvalue weighted by Crippen LogP contribution is -2.15. The van der Waals surface area contributed by atoms with E-state index in [1.165, 1.54) is 12.1 Å². The minimum atomic E-state index is -3.32. The molecule has 1 amide bonds. The third kappa shape index (κ3) is 3.66. The predicted molar refractivity (Wildman–Crippen MR) is 81.2 cm³/mol. The van der Waals surface area contributed by atoms with Gasteiger partial charge in [-0.25, -0.2) is 13.4 Å². The molecule has 0 unspecified atom stereocenters. The molecule has 2 rings (SSSR count). The first-order chi connectivity index (χ1) is 9.77. The molecule has 1 aromatic heterocycles. The third-order valence-corrected chi connectivity index (χ3v) is 4.12. The summed E-state index contributed by atoms with van der Waals surface area (Å²) in [7, 11) is -3.32. The normalized spacial score (nSPS) is 11.2. The average molecular weight is 304 g/mol. The third-order valence-electron chi connectivity index (χ3n) is 3.01. The molecule has 6 heteroatoms. The molecule has 0 radical (unpaired) electrons. The van der Waals surface area contributed by atoms with E-state index in [-0.39, 0.29) is 10.8 Å². The maximum absolute atomic E-state index is 12.2. The molecular formula is C15H16N2O3S. The summed E-state index contributed by atoms with van der Waals surface area (Å²) in [5, 5.41) is 2.70. The van der Waals surface area contributed by atoms with Crippen LogP contribution in [0.4, 0.5) is 5.69 Å². The zero-order chi connectivity index (χ0) is 15.6. The largest absolute Gasteiger partial charge is 0.320 e. The number of amides is 1. The van der Waals surface area contributed by atoms with Crippen molar-refractivity contribution in [2.24, 2.45) is 0 Å². The van der Waals surface area contributed by atoms with E-state index in [0.717, 1.165) is 17.5 Å². The number of carbonyl (C=O) groups excluding carboxylic acids is 1. The second-order valence-electron chi connectivity index (χ2n) is 4.87. The fourth-order valence-electron chi connectivity index (χ4n) is 1.82. The lowest BCUT2D eigenvalue weighted by molar-refractivity contribution is 0.102. The molecule has 2 aromatic rings. The summed E-state index contributed by atoms with van der Waals surface area (Å²) in [6, 6.07) is 9.79. The van der Waals surface area contributed by atoms with Crippen LogP contribution in [0, 0.1) is 13.8 Å². The molecule has 0 spiro atoms. The molecule has 0 atom stereocenters. The first-order valence-electron chi connectivity index (χ1n) is 6.33. The fraction of sp³-hybridized carbons (Fsp3) is 0.200. The first kappa shape index (κ1) is 15.2. The van der Waals surface area contributed by atoms with Gasteiger partial charge in [-0.3, -0.25) is 4.79 Å². The van der Waals surface area contributed by atoms with Crippen LogP contribution >= 0.6 is 0 Å². The van der Waals surface area contributed by atoms with Gasteiger partial charge in [-0.2, -0.15) is 0 Å². The molecule has 0 saturated carbocycles. The number of hydrogen-bond acceptors (Lipinski definition) is 4. The standard InChI is InChI=1S/C15H16N2O3S/c1-10-7-8-12(21(3,19)20)9-14(10)17-15(18)13-6-4-5-11(2)16-13/h4-9H,1-3H3,(H,17,18). The molecule has 1 heterocycles. The van der Waals surface area contributed by atoms with Crippen LogP contribution in [-0.4, -0.2) is 25.6 Å². The molecule has 0 aliphatic carbocycles. The van der Waals surface area contributed by atoms with Crippen molar-refractivity contribution in [3.63, 3.8) is 0 Å². The predicted octanol–water partition coefficient (Wildman–Crippen LogP) is 2.35. The van der Waals surface area contributed by atoms with E-state index in [1.54, 1.807) is 38.1 Å². The van der Waals surface area contributed by atoms with E-state index in [1.807, 2.05) is 0 Å². The van der Waals surface area contributed by atoms with Gasteiger partial charge in [0.05, 0.1) is 4.90 Å². The van der Waals surface area contributed by atoms with Gasteiger partial charge in [0.15, 0.2) is 9.84 Å². The van der Waals surface area contributed by atoms with Crippen LogP contribution in [-0.2, 0) is 9.84 Å². The minimum absolute atomic E-state index is 0.167. The molecule has 1 N–H and O–H groups in total. The number of anilines is 1. The molecular weight excluding hydrogens is 288 g/mol. The highest BCUT2D eigenvalue weighted by atomic mass is 32.2. The summed E-state index contributed by atoms with van der Waals surface area (Å²) in [5.41, 5.74) is 2.28. The number of pyridine rings is 1. The Kier molecular flexibility index (Phi) is 4.09. The van der Waals surface area contributed by atoms with Crippen LogP contribution in [0.2, 0.25) is 0 Å². The van der Waals surface area contributed by atoms with Gasteiger partial charge in [0.2, 0.25) is 0 Å². The Morgan fingerprint density at radius 3 is 2.48 bits per heavy atom. The second-order valence-corrected chi connectivity index (χ2v) is 6.88. The number of rotatable bonds is 3. The second kappa shape index (κ2) is 5.65. The maximum Gasteiger partial charge on any atom is 0.274 e. The lowest BCUT2D eigenvalue weighted by atomic mass is 10.2. The summed E-state index contributed by atoms with van der Waals surface area (Å²) in [6.07, 6.45) is 1.13. The number of carbonyl (C=O) groups is 1. The Bertz CT molecular complexity index is 798. The van der Waals surface area contributed by atoms with Gasteiger partial charge in [-0.1, -0.05) is 12.1 Å². The van der Waals surface area contributed by atoms with Crippen LogP contribution in [0.3, 0.4) is 0 Å². The van der Waals surface area contributed by atoms with Gasteiger partial charge in [0.1, 0.15) is 5.69 Å². The van der Waals surface area contributed by atoms with E-state index in [9.17, 15) is 13.2 Å². The Balaban J connectivity index is 2.33. The van der Waals surface area contributed by atoms with Crippen molar-refractivity contribution in [1.29, 1.82) is 0 Å². The van der Waals surface area contributed by atoms with E-state index in [4.69, 9.17) is 0 Å². The number of nitrogens with zero attached hydrogens (tertiary/aromatic N) is 1. The summed E-state index contributed by atoms with van der Waals surface area (Å²) < 4.78 is 23.1. The Morgan fingerprint density at radius 1 is 1.14 bits per heavy atom. The van der Waals surface area contributed by atoms with Crippen molar-refractivity contribution in [2.75, 3.05) is 11.6 Å². The molecule has 0 aliphatic heterocycles. The van der Waals surface area contributed by atoms with Crippen molar-refractivity contribution in [3.05, 3.63) is 53.3 Å². The molecule has 0 fully saturated rings. The topological polar surface area (TPSA) is 76.1 Å². The first-order valence-corrected chi connectivity index (χ1v) is 8.22. The Hall–Kier alpha value is -2.21. The number of aryl methyl sites for hydroxylation is 2. The summed E-state index contributed by atoms with van der Waals surface area (Å²) >= 11 is 0. The molecule has 21 heavy (non-hydrogen) atoms. The van der Waals surface area contributed by atoms with Gasteiger partial charge in [0.25, 0.3) is 5.91 Å². The zero-order valence-corrected chi connectivity index (χ0v) is 12.9. The molecule has 5 nitrogen and oxygen atoms in total. The van der Waals surface area contributed by atoms with Crippen LogP contribution < -0.4 is 5.32 Å². The quantitative estimate of drug-likeness (QED) is 0.944. The minimum Gasteiger partial charge on any atom is -0.320 e. The Labute approximate surface area is 124 Å². The molecule has 0 bridgehead atoms. The number of hydrogen-bond donors (Lipinski definition) is 1. The number of benzene rings is 1.